The van der Waals surface area contributed by atoms with Gasteiger partial charge in [0, 0.05) is 16.5 Å². The smallest absolute Gasteiger partial charge is 0.134 e. The van der Waals surface area contributed by atoms with E-state index in [-0.39, 0.29) is 11.2 Å². The van der Waals surface area contributed by atoms with E-state index in [9.17, 15) is 4.79 Å². The van der Waals surface area contributed by atoms with Gasteiger partial charge in [0.15, 0.2) is 0 Å². The number of carbonyl (C=O) groups excluding carboxylic acids is 1. The summed E-state index contributed by atoms with van der Waals surface area (Å²) in [5.74, 6) is 0.656. The average Bonchev–Trinajstić information content (AvgIpc) is 2.66. The Labute approximate surface area is 194 Å². The number of Topliss-reactive ketones (excluding diaryl/α,β-unsaturated/α-hetero) is 1. The molecular formula is C26H39Cl2NO. The molecule has 168 valence electrons. The van der Waals surface area contributed by atoms with Gasteiger partial charge in [-0.1, -0.05) is 89.9 Å². The van der Waals surface area contributed by atoms with Crippen molar-refractivity contribution in [1.29, 1.82) is 0 Å². The van der Waals surface area contributed by atoms with Gasteiger partial charge in [0.05, 0.1) is 0 Å². The molecule has 4 heteroatoms. The lowest BCUT2D eigenvalue weighted by molar-refractivity contribution is -0.116. The number of benzene rings is 2. The monoisotopic (exact) mass is 451 g/mol. The molecule has 0 aliphatic carbocycles. The SMILES string of the molecule is CC.CC(=O)Cc1cc(Cl)ccc1Cl.CC(C)c1cccc(C(C)(C)C)c1CCN. The third kappa shape index (κ3) is 9.64. The highest BCUT2D eigenvalue weighted by molar-refractivity contribution is 6.33. The number of ketones is 1. The van der Waals surface area contributed by atoms with E-state index in [0.717, 1.165) is 18.5 Å². The quantitative estimate of drug-likeness (QED) is 0.504. The van der Waals surface area contributed by atoms with Gasteiger partial charge in [-0.2, -0.15) is 0 Å². The summed E-state index contributed by atoms with van der Waals surface area (Å²) < 4.78 is 0. The third-order valence-corrected chi connectivity index (χ3v) is 5.09. The zero-order chi connectivity index (χ0) is 23.5. The number of hydrogen-bond acceptors (Lipinski definition) is 2. The molecule has 0 aromatic heterocycles. The van der Waals surface area contributed by atoms with Gasteiger partial charge in [0.1, 0.15) is 5.78 Å². The molecule has 2 aromatic rings. The van der Waals surface area contributed by atoms with E-state index in [1.807, 2.05) is 13.8 Å². The van der Waals surface area contributed by atoms with Crippen LogP contribution in [0.25, 0.3) is 0 Å². The minimum absolute atomic E-state index is 0.0826. The Morgan fingerprint density at radius 1 is 1.07 bits per heavy atom. The van der Waals surface area contributed by atoms with Crippen LogP contribution in [0.1, 0.15) is 83.6 Å². The van der Waals surface area contributed by atoms with Crippen LogP contribution in [0.4, 0.5) is 0 Å². The topological polar surface area (TPSA) is 43.1 Å². The fraction of sp³-hybridized carbons (Fsp3) is 0.500. The molecule has 0 spiro atoms. The van der Waals surface area contributed by atoms with Crippen molar-refractivity contribution < 1.29 is 4.79 Å². The Morgan fingerprint density at radius 3 is 2.13 bits per heavy atom. The Morgan fingerprint density at radius 2 is 1.67 bits per heavy atom. The van der Waals surface area contributed by atoms with Crippen LogP contribution < -0.4 is 5.73 Å². The molecule has 0 heterocycles. The van der Waals surface area contributed by atoms with E-state index in [0.29, 0.717) is 22.4 Å². The molecule has 0 amide bonds. The number of carbonyl (C=O) groups is 1. The Bertz CT molecular complexity index is 792. The lowest BCUT2D eigenvalue weighted by Crippen LogP contribution is -2.18. The summed E-state index contributed by atoms with van der Waals surface area (Å²) >= 11 is 11.6. The summed E-state index contributed by atoms with van der Waals surface area (Å²) in [6.07, 6.45) is 1.33. The lowest BCUT2D eigenvalue weighted by atomic mass is 9.79. The summed E-state index contributed by atoms with van der Waals surface area (Å²) in [6, 6.07) is 11.8. The first-order valence-electron chi connectivity index (χ1n) is 10.7. The van der Waals surface area contributed by atoms with E-state index in [1.165, 1.54) is 23.6 Å². The normalized spacial score (nSPS) is 10.7. The van der Waals surface area contributed by atoms with Crippen LogP contribution in [0.3, 0.4) is 0 Å². The molecule has 0 saturated carbocycles. The highest BCUT2D eigenvalue weighted by atomic mass is 35.5. The second kappa shape index (κ2) is 13.9. The Balaban J connectivity index is 0.000000535. The molecule has 0 atom stereocenters. The van der Waals surface area contributed by atoms with Crippen molar-refractivity contribution in [3.05, 3.63) is 68.7 Å². The molecule has 2 N–H and O–H groups in total. The molecule has 0 unspecified atom stereocenters. The van der Waals surface area contributed by atoms with Gasteiger partial charge in [-0.3, -0.25) is 4.79 Å². The minimum Gasteiger partial charge on any atom is -0.330 e. The summed E-state index contributed by atoms with van der Waals surface area (Å²) in [5, 5.41) is 1.20. The molecular weight excluding hydrogens is 413 g/mol. The molecule has 0 radical (unpaired) electrons. The predicted molar refractivity (Wildman–Crippen MR) is 134 cm³/mol. The van der Waals surface area contributed by atoms with Gasteiger partial charge in [-0.05, 0) is 71.7 Å². The zero-order valence-corrected chi connectivity index (χ0v) is 21.4. The molecule has 0 aliphatic heterocycles. The zero-order valence-electron chi connectivity index (χ0n) is 19.9. The van der Waals surface area contributed by atoms with E-state index in [1.54, 1.807) is 18.2 Å². The van der Waals surface area contributed by atoms with E-state index in [4.69, 9.17) is 28.9 Å². The van der Waals surface area contributed by atoms with E-state index >= 15 is 0 Å². The fourth-order valence-electron chi connectivity index (χ4n) is 3.22. The molecule has 0 bridgehead atoms. The Kier molecular flexibility index (Phi) is 13.2. The van der Waals surface area contributed by atoms with Gasteiger partial charge < -0.3 is 5.73 Å². The minimum atomic E-state index is 0.0826. The van der Waals surface area contributed by atoms with Crippen molar-refractivity contribution in [3.8, 4) is 0 Å². The molecule has 2 rings (SSSR count). The second-order valence-corrected chi connectivity index (χ2v) is 9.27. The number of rotatable bonds is 5. The molecule has 0 saturated heterocycles. The van der Waals surface area contributed by atoms with Crippen molar-refractivity contribution in [2.45, 2.75) is 79.6 Å². The summed E-state index contributed by atoms with van der Waals surface area (Å²) in [4.78, 5) is 10.8. The van der Waals surface area contributed by atoms with Crippen LogP contribution in [-0.4, -0.2) is 12.3 Å². The van der Waals surface area contributed by atoms with Crippen LogP contribution in [0.5, 0.6) is 0 Å². The molecule has 2 aromatic carbocycles. The maximum atomic E-state index is 10.8. The second-order valence-electron chi connectivity index (χ2n) is 8.43. The van der Waals surface area contributed by atoms with Gasteiger partial charge in [-0.15, -0.1) is 0 Å². The van der Waals surface area contributed by atoms with Gasteiger partial charge in [0.25, 0.3) is 0 Å². The number of hydrogen-bond donors (Lipinski definition) is 1. The standard InChI is InChI=1S/C15H25N.C9H8Cl2O.C2H6/c1-11(2)12-7-6-8-14(15(3,4)5)13(12)9-10-16;1-6(12)4-7-5-8(10)2-3-9(7)11;1-2/h6-8,11H,9-10,16H2,1-5H3;2-3,5H,4H2,1H3;1-2H3. The summed E-state index contributed by atoms with van der Waals surface area (Å²) in [5.41, 5.74) is 11.1. The van der Waals surface area contributed by atoms with Crippen LogP contribution in [0.15, 0.2) is 36.4 Å². The first-order chi connectivity index (χ1) is 14.0. The Hall–Kier alpha value is -1.35. The van der Waals surface area contributed by atoms with Crippen LogP contribution in [0.2, 0.25) is 10.0 Å². The average molecular weight is 453 g/mol. The van der Waals surface area contributed by atoms with E-state index in [2.05, 4.69) is 52.8 Å². The largest absolute Gasteiger partial charge is 0.330 e. The van der Waals surface area contributed by atoms with Crippen LogP contribution in [0, 0.1) is 0 Å². The summed E-state index contributed by atoms with van der Waals surface area (Å²) in [6.45, 7) is 17.6. The maximum Gasteiger partial charge on any atom is 0.134 e. The first-order valence-corrected chi connectivity index (χ1v) is 11.5. The fourth-order valence-corrected chi connectivity index (χ4v) is 3.60. The predicted octanol–water partition coefficient (Wildman–Crippen LogP) is 7.76. The third-order valence-electron chi connectivity index (χ3n) is 4.48. The van der Waals surface area contributed by atoms with Crippen LogP contribution >= 0.6 is 23.2 Å². The van der Waals surface area contributed by atoms with E-state index < -0.39 is 0 Å². The van der Waals surface area contributed by atoms with Crippen molar-refractivity contribution >= 4 is 29.0 Å². The molecule has 0 aliphatic rings. The van der Waals surface area contributed by atoms with Crippen molar-refractivity contribution in [1.82, 2.24) is 0 Å². The highest BCUT2D eigenvalue weighted by Crippen LogP contribution is 2.31. The van der Waals surface area contributed by atoms with Crippen molar-refractivity contribution in [3.63, 3.8) is 0 Å². The maximum absolute atomic E-state index is 10.8. The number of halogens is 2. The first kappa shape index (κ1) is 28.6. The lowest BCUT2D eigenvalue weighted by Gasteiger charge is -2.26. The summed E-state index contributed by atoms with van der Waals surface area (Å²) in [7, 11) is 0. The number of nitrogens with two attached hydrogens (primary N) is 1. The molecule has 0 fully saturated rings. The van der Waals surface area contributed by atoms with Gasteiger partial charge >= 0.3 is 0 Å². The van der Waals surface area contributed by atoms with Gasteiger partial charge in [0.2, 0.25) is 0 Å². The van der Waals surface area contributed by atoms with Crippen molar-refractivity contribution in [2.75, 3.05) is 6.54 Å². The van der Waals surface area contributed by atoms with Gasteiger partial charge in [-0.25, -0.2) is 0 Å². The van der Waals surface area contributed by atoms with Crippen LogP contribution in [-0.2, 0) is 23.1 Å². The molecule has 2 nitrogen and oxygen atoms in total. The molecule has 30 heavy (non-hydrogen) atoms. The van der Waals surface area contributed by atoms with Crippen molar-refractivity contribution in [2.24, 2.45) is 5.73 Å². The highest BCUT2D eigenvalue weighted by Gasteiger charge is 2.20.